The van der Waals surface area contributed by atoms with E-state index in [1.165, 1.54) is 12.1 Å². The Kier molecular flexibility index (Phi) is 4.50. The molecule has 0 spiro atoms. The van der Waals surface area contributed by atoms with E-state index in [9.17, 15) is 9.18 Å². The zero-order valence-electron chi connectivity index (χ0n) is 10.3. The Labute approximate surface area is 111 Å². The minimum Gasteiger partial charge on any atom is -0.490 e. The molecule has 1 N–H and O–H groups in total. The van der Waals surface area contributed by atoms with Crippen LogP contribution in [0.5, 0.6) is 5.75 Å². The molecule has 0 unspecified atom stereocenters. The first-order chi connectivity index (χ1) is 9.25. The molecule has 98 valence electrons. The molecule has 0 aliphatic carbocycles. The quantitative estimate of drug-likeness (QED) is 0.895. The largest absolute Gasteiger partial charge is 0.490 e. The highest BCUT2D eigenvalue weighted by molar-refractivity contribution is 5.90. The third kappa shape index (κ3) is 4.10. The van der Waals surface area contributed by atoms with Crippen LogP contribution in [0, 0.1) is 5.82 Å². The van der Waals surface area contributed by atoms with Crippen LogP contribution in [0.15, 0.2) is 54.6 Å². The third-order valence-corrected chi connectivity index (χ3v) is 2.48. The van der Waals surface area contributed by atoms with Crippen LogP contribution in [-0.4, -0.2) is 12.5 Å². The van der Waals surface area contributed by atoms with Crippen molar-refractivity contribution in [1.82, 2.24) is 0 Å². The summed E-state index contributed by atoms with van der Waals surface area (Å²) in [7, 11) is 0. The van der Waals surface area contributed by atoms with Gasteiger partial charge in [-0.15, -0.1) is 0 Å². The first-order valence-electron chi connectivity index (χ1n) is 5.98. The molecule has 0 fully saturated rings. The average molecular weight is 259 g/mol. The molecule has 0 radical (unpaired) electrons. The van der Waals surface area contributed by atoms with E-state index in [0.29, 0.717) is 0 Å². The van der Waals surface area contributed by atoms with Crippen LogP contribution in [0.1, 0.15) is 6.42 Å². The summed E-state index contributed by atoms with van der Waals surface area (Å²) >= 11 is 0. The molecule has 19 heavy (non-hydrogen) atoms. The number of hydrogen-bond acceptors (Lipinski definition) is 2. The summed E-state index contributed by atoms with van der Waals surface area (Å²) in [5, 5.41) is 2.73. The lowest BCUT2D eigenvalue weighted by Gasteiger charge is -2.07. The Morgan fingerprint density at radius 2 is 1.74 bits per heavy atom. The summed E-state index contributed by atoms with van der Waals surface area (Å²) in [4.78, 5) is 11.6. The van der Waals surface area contributed by atoms with Crippen molar-refractivity contribution in [2.45, 2.75) is 6.42 Å². The number of nitrogens with one attached hydrogen (secondary N) is 1. The molecule has 0 aliphatic rings. The van der Waals surface area contributed by atoms with Crippen molar-refractivity contribution in [3.05, 3.63) is 60.4 Å². The van der Waals surface area contributed by atoms with Crippen molar-refractivity contribution in [2.24, 2.45) is 0 Å². The maximum absolute atomic E-state index is 13.2. The van der Waals surface area contributed by atoms with Gasteiger partial charge in [-0.2, -0.15) is 0 Å². The minimum absolute atomic E-state index is 0.138. The van der Waals surface area contributed by atoms with Gasteiger partial charge in [0.2, 0.25) is 5.91 Å². The Morgan fingerprint density at radius 3 is 2.47 bits per heavy atom. The van der Waals surface area contributed by atoms with E-state index in [1.54, 1.807) is 24.3 Å². The fourth-order valence-electron chi connectivity index (χ4n) is 1.56. The molecule has 0 saturated carbocycles. The Morgan fingerprint density at radius 1 is 1.05 bits per heavy atom. The summed E-state index contributed by atoms with van der Waals surface area (Å²) in [6.45, 7) is 0.138. The number of amides is 1. The van der Waals surface area contributed by atoms with Gasteiger partial charge in [-0.1, -0.05) is 30.3 Å². The summed E-state index contributed by atoms with van der Waals surface area (Å²) in [5.74, 6) is -0.427. The molecule has 0 atom stereocenters. The highest BCUT2D eigenvalue weighted by atomic mass is 19.1. The molecule has 2 aromatic carbocycles. The molecule has 3 nitrogen and oxygen atoms in total. The van der Waals surface area contributed by atoms with Crippen LogP contribution >= 0.6 is 0 Å². The fourth-order valence-corrected chi connectivity index (χ4v) is 1.56. The molecule has 0 heterocycles. The van der Waals surface area contributed by atoms with Gasteiger partial charge in [0.05, 0.1) is 13.0 Å². The van der Waals surface area contributed by atoms with Crippen molar-refractivity contribution in [1.29, 1.82) is 0 Å². The van der Waals surface area contributed by atoms with Crippen molar-refractivity contribution in [3.63, 3.8) is 0 Å². The summed E-state index contributed by atoms with van der Waals surface area (Å²) < 4.78 is 18.4. The topological polar surface area (TPSA) is 38.3 Å². The van der Waals surface area contributed by atoms with Crippen LogP contribution in [0.4, 0.5) is 10.1 Å². The molecule has 0 bridgehead atoms. The monoisotopic (exact) mass is 259 g/mol. The molecule has 0 aromatic heterocycles. The van der Waals surface area contributed by atoms with Gasteiger partial charge in [-0.3, -0.25) is 4.79 Å². The van der Waals surface area contributed by atoms with Crippen molar-refractivity contribution in [2.75, 3.05) is 11.9 Å². The fraction of sp³-hybridized carbons (Fsp3) is 0.133. The number of hydrogen-bond donors (Lipinski definition) is 1. The van der Waals surface area contributed by atoms with E-state index in [4.69, 9.17) is 4.74 Å². The van der Waals surface area contributed by atoms with Crippen LogP contribution in [0.3, 0.4) is 0 Å². The zero-order chi connectivity index (χ0) is 13.5. The number of anilines is 1. The van der Waals surface area contributed by atoms with E-state index in [0.717, 1.165) is 5.69 Å². The van der Waals surface area contributed by atoms with E-state index >= 15 is 0 Å². The van der Waals surface area contributed by atoms with Crippen LogP contribution in [0.25, 0.3) is 0 Å². The molecule has 0 aliphatic heterocycles. The average Bonchev–Trinajstić information content (AvgIpc) is 2.42. The van der Waals surface area contributed by atoms with E-state index in [1.807, 2.05) is 18.2 Å². The van der Waals surface area contributed by atoms with E-state index in [-0.39, 0.29) is 24.7 Å². The van der Waals surface area contributed by atoms with E-state index in [2.05, 4.69) is 5.32 Å². The van der Waals surface area contributed by atoms with Crippen molar-refractivity contribution in [3.8, 4) is 5.75 Å². The Bertz CT molecular complexity index is 543. The van der Waals surface area contributed by atoms with Gasteiger partial charge in [0, 0.05) is 5.69 Å². The molecule has 2 aromatic rings. The highest BCUT2D eigenvalue weighted by Gasteiger charge is 2.05. The molecular weight excluding hydrogens is 245 g/mol. The number of halogens is 1. The third-order valence-electron chi connectivity index (χ3n) is 2.48. The first kappa shape index (κ1) is 13.1. The maximum atomic E-state index is 13.2. The highest BCUT2D eigenvalue weighted by Crippen LogP contribution is 2.15. The Balaban J connectivity index is 1.77. The smallest absolute Gasteiger partial charge is 0.227 e. The lowest BCUT2D eigenvalue weighted by atomic mass is 10.3. The predicted molar refractivity (Wildman–Crippen MR) is 71.6 cm³/mol. The van der Waals surface area contributed by atoms with Crippen LogP contribution in [-0.2, 0) is 4.79 Å². The molecule has 0 saturated heterocycles. The molecule has 4 heteroatoms. The standard InChI is InChI=1S/C15H14FNO2/c16-13-8-4-5-9-14(13)19-11-10-15(18)17-12-6-2-1-3-7-12/h1-9H,10-11H2,(H,17,18). The molecule has 2 rings (SSSR count). The normalized spacial score (nSPS) is 9.95. The number of carbonyl (C=O) groups excluding carboxylic acids is 1. The van der Waals surface area contributed by atoms with Gasteiger partial charge in [0.15, 0.2) is 11.6 Å². The number of carbonyl (C=O) groups is 1. The number of rotatable bonds is 5. The van der Waals surface area contributed by atoms with Crippen molar-refractivity contribution < 1.29 is 13.9 Å². The second-order valence-corrected chi connectivity index (χ2v) is 3.94. The molecule has 1 amide bonds. The van der Waals surface area contributed by atoms with E-state index < -0.39 is 5.82 Å². The lowest BCUT2D eigenvalue weighted by Crippen LogP contribution is -2.15. The predicted octanol–water partition coefficient (Wildman–Crippen LogP) is 3.23. The number of para-hydroxylation sites is 2. The van der Waals surface area contributed by atoms with Crippen LogP contribution in [0.2, 0.25) is 0 Å². The first-order valence-corrected chi connectivity index (χ1v) is 5.98. The SMILES string of the molecule is O=C(CCOc1ccccc1F)Nc1ccccc1. The summed E-state index contributed by atoms with van der Waals surface area (Å²) in [6.07, 6.45) is 0.170. The van der Waals surface area contributed by atoms with Gasteiger partial charge in [0.25, 0.3) is 0 Å². The maximum Gasteiger partial charge on any atom is 0.227 e. The van der Waals surface area contributed by atoms with Gasteiger partial charge >= 0.3 is 0 Å². The second kappa shape index (κ2) is 6.54. The number of benzene rings is 2. The van der Waals surface area contributed by atoms with Gasteiger partial charge in [-0.05, 0) is 24.3 Å². The van der Waals surface area contributed by atoms with Crippen LogP contribution < -0.4 is 10.1 Å². The van der Waals surface area contributed by atoms with Gasteiger partial charge < -0.3 is 10.1 Å². The summed E-state index contributed by atoms with van der Waals surface area (Å²) in [6, 6.07) is 15.3. The van der Waals surface area contributed by atoms with Gasteiger partial charge in [0.1, 0.15) is 0 Å². The lowest BCUT2D eigenvalue weighted by molar-refractivity contribution is -0.116. The molecular formula is C15H14FNO2. The summed E-state index contributed by atoms with van der Waals surface area (Å²) in [5.41, 5.74) is 0.735. The van der Waals surface area contributed by atoms with Crippen molar-refractivity contribution >= 4 is 11.6 Å². The zero-order valence-corrected chi connectivity index (χ0v) is 10.3. The Hall–Kier alpha value is -2.36. The second-order valence-electron chi connectivity index (χ2n) is 3.94. The number of ether oxygens (including phenoxy) is 1. The van der Waals surface area contributed by atoms with Gasteiger partial charge in [-0.25, -0.2) is 4.39 Å². The minimum atomic E-state index is -0.425.